The van der Waals surface area contributed by atoms with E-state index >= 15 is 0 Å². The molecule has 1 aliphatic heterocycles. The number of benzene rings is 1. The maximum atomic E-state index is 13.2. The van der Waals surface area contributed by atoms with Crippen LogP contribution >= 0.6 is 11.3 Å². The third-order valence-corrected chi connectivity index (χ3v) is 6.39. The SMILES string of the molecule is N#Cc1c2n(c(=O)n(CC(=O)N(CCc3ccccc3)Cc3cccs3)c1=O)CCC2. The summed E-state index contributed by atoms with van der Waals surface area (Å²) in [7, 11) is 0. The van der Waals surface area contributed by atoms with Gasteiger partial charge in [0.1, 0.15) is 18.2 Å². The third-order valence-electron chi connectivity index (χ3n) is 5.53. The van der Waals surface area contributed by atoms with E-state index in [9.17, 15) is 19.6 Å². The zero-order valence-corrected chi connectivity index (χ0v) is 17.8. The Kier molecular flexibility index (Phi) is 6.14. The van der Waals surface area contributed by atoms with Crippen molar-refractivity contribution in [2.45, 2.75) is 38.9 Å². The first-order valence-corrected chi connectivity index (χ1v) is 11.1. The molecule has 8 heteroatoms. The van der Waals surface area contributed by atoms with Crippen LogP contribution in [0.1, 0.15) is 28.1 Å². The minimum Gasteiger partial charge on any atom is -0.336 e. The molecule has 1 amide bonds. The van der Waals surface area contributed by atoms with Crippen molar-refractivity contribution >= 4 is 17.2 Å². The number of thiophene rings is 1. The molecule has 0 aliphatic carbocycles. The Morgan fingerprint density at radius 2 is 1.97 bits per heavy atom. The molecule has 0 N–H and O–H groups in total. The van der Waals surface area contributed by atoms with Crippen LogP contribution in [0, 0.1) is 11.3 Å². The molecule has 4 rings (SSSR count). The standard InChI is InChI=1S/C23H22N4O3S/c24-14-19-20-9-4-11-26(20)23(30)27(22(19)29)16-21(28)25(15-18-8-5-13-31-18)12-10-17-6-2-1-3-7-17/h1-3,5-8,13H,4,9-12,15-16H2. The maximum Gasteiger partial charge on any atom is 0.331 e. The number of hydrogen-bond acceptors (Lipinski definition) is 5. The van der Waals surface area contributed by atoms with Crippen LogP contribution in [0.2, 0.25) is 0 Å². The summed E-state index contributed by atoms with van der Waals surface area (Å²) in [5.41, 5.74) is 0.379. The monoisotopic (exact) mass is 434 g/mol. The van der Waals surface area contributed by atoms with E-state index in [0.29, 0.717) is 44.6 Å². The lowest BCUT2D eigenvalue weighted by atomic mass is 10.1. The number of nitrogens with zero attached hydrogens (tertiary/aromatic N) is 4. The summed E-state index contributed by atoms with van der Waals surface area (Å²) in [4.78, 5) is 41.6. The van der Waals surface area contributed by atoms with Gasteiger partial charge in [-0.15, -0.1) is 11.3 Å². The van der Waals surface area contributed by atoms with Crippen LogP contribution in [0.25, 0.3) is 0 Å². The summed E-state index contributed by atoms with van der Waals surface area (Å²) in [6, 6.07) is 15.7. The molecule has 0 saturated carbocycles. The Morgan fingerprint density at radius 1 is 1.16 bits per heavy atom. The molecular weight excluding hydrogens is 412 g/mol. The van der Waals surface area contributed by atoms with Crippen LogP contribution in [0.4, 0.5) is 0 Å². The summed E-state index contributed by atoms with van der Waals surface area (Å²) in [5.74, 6) is -0.314. The van der Waals surface area contributed by atoms with Gasteiger partial charge in [-0.25, -0.2) is 9.36 Å². The van der Waals surface area contributed by atoms with Crippen LogP contribution in [-0.4, -0.2) is 26.5 Å². The summed E-state index contributed by atoms with van der Waals surface area (Å²) in [5, 5.41) is 11.4. The molecule has 0 unspecified atom stereocenters. The zero-order valence-electron chi connectivity index (χ0n) is 17.0. The fourth-order valence-corrected chi connectivity index (χ4v) is 4.63. The smallest absolute Gasteiger partial charge is 0.331 e. The first-order valence-electron chi connectivity index (χ1n) is 10.2. The van der Waals surface area contributed by atoms with Crippen molar-refractivity contribution in [3.05, 3.63) is 90.4 Å². The van der Waals surface area contributed by atoms with Crippen LogP contribution < -0.4 is 11.2 Å². The van der Waals surface area contributed by atoms with Gasteiger partial charge in [0.05, 0.1) is 6.54 Å². The van der Waals surface area contributed by atoms with Gasteiger partial charge in [0.2, 0.25) is 5.91 Å². The number of aromatic nitrogens is 2. The number of fused-ring (bicyclic) bond motifs is 1. The van der Waals surface area contributed by atoms with Gasteiger partial charge in [-0.1, -0.05) is 36.4 Å². The van der Waals surface area contributed by atoms with Gasteiger partial charge in [0.25, 0.3) is 5.56 Å². The molecule has 0 fully saturated rings. The average Bonchev–Trinajstić information content (AvgIpc) is 3.47. The highest BCUT2D eigenvalue weighted by Gasteiger charge is 2.25. The molecule has 158 valence electrons. The molecule has 0 radical (unpaired) electrons. The van der Waals surface area contributed by atoms with Crippen molar-refractivity contribution in [1.29, 1.82) is 5.26 Å². The first kappa shape index (κ1) is 20.8. The number of rotatable bonds is 7. The van der Waals surface area contributed by atoms with Crippen LogP contribution in [0.15, 0.2) is 57.4 Å². The highest BCUT2D eigenvalue weighted by Crippen LogP contribution is 2.15. The fraction of sp³-hybridized carbons (Fsp3) is 0.304. The Morgan fingerprint density at radius 3 is 2.68 bits per heavy atom. The van der Waals surface area contributed by atoms with E-state index in [1.165, 1.54) is 4.57 Å². The number of carbonyl (C=O) groups excluding carboxylic acids is 1. The van der Waals surface area contributed by atoms with Crippen LogP contribution in [-0.2, 0) is 37.3 Å². The lowest BCUT2D eigenvalue weighted by molar-refractivity contribution is -0.132. The number of hydrogen-bond donors (Lipinski definition) is 0. The first-order chi connectivity index (χ1) is 15.1. The van der Waals surface area contributed by atoms with Gasteiger partial charge < -0.3 is 4.90 Å². The lowest BCUT2D eigenvalue weighted by Crippen LogP contribution is -2.46. The van der Waals surface area contributed by atoms with Gasteiger partial charge in [0, 0.05) is 23.7 Å². The normalized spacial score (nSPS) is 12.4. The molecule has 1 aromatic carbocycles. The molecule has 0 saturated heterocycles. The Labute approximate surface area is 183 Å². The van der Waals surface area contributed by atoms with Crippen molar-refractivity contribution in [2.75, 3.05) is 6.54 Å². The van der Waals surface area contributed by atoms with E-state index in [-0.39, 0.29) is 18.0 Å². The molecular formula is C23H22N4O3S. The minimum absolute atomic E-state index is 0.0287. The molecule has 1 aliphatic rings. The van der Waals surface area contributed by atoms with Gasteiger partial charge in [-0.05, 0) is 36.3 Å². The number of amides is 1. The second-order valence-corrected chi connectivity index (χ2v) is 8.53. The topological polar surface area (TPSA) is 88.1 Å². The Hall–Kier alpha value is -3.44. The predicted octanol–water partition coefficient (Wildman–Crippen LogP) is 2.16. The van der Waals surface area contributed by atoms with Crippen molar-refractivity contribution in [1.82, 2.24) is 14.0 Å². The largest absolute Gasteiger partial charge is 0.336 e. The summed E-state index contributed by atoms with van der Waals surface area (Å²) < 4.78 is 2.38. The van der Waals surface area contributed by atoms with Gasteiger partial charge in [-0.3, -0.25) is 14.2 Å². The van der Waals surface area contributed by atoms with Gasteiger partial charge >= 0.3 is 5.69 Å². The van der Waals surface area contributed by atoms with Crippen LogP contribution in [0.5, 0.6) is 0 Å². The molecule has 0 spiro atoms. The van der Waals surface area contributed by atoms with Crippen LogP contribution in [0.3, 0.4) is 0 Å². The Balaban J connectivity index is 1.61. The van der Waals surface area contributed by atoms with E-state index in [1.807, 2.05) is 53.9 Å². The number of carbonyl (C=O) groups is 1. The molecule has 0 bridgehead atoms. The molecule has 2 aromatic heterocycles. The third kappa shape index (κ3) is 4.37. The minimum atomic E-state index is -0.673. The van der Waals surface area contributed by atoms with E-state index < -0.39 is 11.2 Å². The van der Waals surface area contributed by atoms with Crippen molar-refractivity contribution in [3.63, 3.8) is 0 Å². The van der Waals surface area contributed by atoms with E-state index in [0.717, 1.165) is 15.0 Å². The molecule has 7 nitrogen and oxygen atoms in total. The molecule has 0 atom stereocenters. The fourth-order valence-electron chi connectivity index (χ4n) is 3.91. The maximum absolute atomic E-state index is 13.2. The van der Waals surface area contributed by atoms with E-state index in [1.54, 1.807) is 16.2 Å². The zero-order chi connectivity index (χ0) is 21.8. The average molecular weight is 435 g/mol. The number of nitriles is 1. The van der Waals surface area contributed by atoms with E-state index in [2.05, 4.69) is 0 Å². The predicted molar refractivity (Wildman–Crippen MR) is 118 cm³/mol. The second kappa shape index (κ2) is 9.14. The quantitative estimate of drug-likeness (QED) is 0.570. The van der Waals surface area contributed by atoms with Crippen molar-refractivity contribution in [3.8, 4) is 6.07 Å². The van der Waals surface area contributed by atoms with Crippen molar-refractivity contribution in [2.24, 2.45) is 0 Å². The summed E-state index contributed by atoms with van der Waals surface area (Å²) in [6.07, 6.45) is 1.91. The summed E-state index contributed by atoms with van der Waals surface area (Å²) >= 11 is 1.55. The highest BCUT2D eigenvalue weighted by atomic mass is 32.1. The molecule has 31 heavy (non-hydrogen) atoms. The van der Waals surface area contributed by atoms with Gasteiger partial charge in [0.15, 0.2) is 0 Å². The Bertz CT molecular complexity index is 1240. The molecule has 3 heterocycles. The summed E-state index contributed by atoms with van der Waals surface area (Å²) in [6.45, 7) is 0.972. The van der Waals surface area contributed by atoms with Gasteiger partial charge in [-0.2, -0.15) is 5.26 Å². The molecule has 3 aromatic rings. The van der Waals surface area contributed by atoms with E-state index in [4.69, 9.17) is 0 Å². The van der Waals surface area contributed by atoms with Crippen molar-refractivity contribution < 1.29 is 4.79 Å². The second-order valence-electron chi connectivity index (χ2n) is 7.49. The highest BCUT2D eigenvalue weighted by molar-refractivity contribution is 7.09. The lowest BCUT2D eigenvalue weighted by Gasteiger charge is -2.23.